The van der Waals surface area contributed by atoms with Gasteiger partial charge in [0.25, 0.3) is 0 Å². The summed E-state index contributed by atoms with van der Waals surface area (Å²) in [6, 6.07) is 1.36. The molecule has 1 fully saturated rings. The molecule has 0 bridgehead atoms. The number of hydrogen-bond donors (Lipinski definition) is 1. The number of likely N-dealkylation sites (N-methyl/N-ethyl adjacent to an activating group) is 1. The molecule has 96 valence electrons. The van der Waals surface area contributed by atoms with E-state index in [0.717, 1.165) is 13.1 Å². The zero-order valence-electron chi connectivity index (χ0n) is 11.3. The van der Waals surface area contributed by atoms with E-state index in [1.54, 1.807) is 0 Å². The van der Waals surface area contributed by atoms with Crippen LogP contribution in [0.2, 0.25) is 0 Å². The first kappa shape index (κ1) is 13.9. The van der Waals surface area contributed by atoms with Crippen molar-refractivity contribution in [1.82, 2.24) is 10.2 Å². The SMILES string of the molecule is COC1CCC(NCCN(C)C(C)C)CC1. The molecule has 0 unspecified atom stereocenters. The van der Waals surface area contributed by atoms with Crippen molar-refractivity contribution in [3.63, 3.8) is 0 Å². The maximum Gasteiger partial charge on any atom is 0.0572 e. The van der Waals surface area contributed by atoms with E-state index in [2.05, 4.69) is 31.1 Å². The highest BCUT2D eigenvalue weighted by molar-refractivity contribution is 4.77. The minimum Gasteiger partial charge on any atom is -0.381 e. The summed E-state index contributed by atoms with van der Waals surface area (Å²) in [5.74, 6) is 0. The number of rotatable bonds is 6. The van der Waals surface area contributed by atoms with Crippen molar-refractivity contribution in [3.8, 4) is 0 Å². The van der Waals surface area contributed by atoms with E-state index in [1.807, 2.05) is 7.11 Å². The molecule has 0 aromatic carbocycles. The highest BCUT2D eigenvalue weighted by atomic mass is 16.5. The number of hydrogen-bond acceptors (Lipinski definition) is 3. The van der Waals surface area contributed by atoms with Crippen LogP contribution in [0, 0.1) is 0 Å². The van der Waals surface area contributed by atoms with Gasteiger partial charge in [-0.1, -0.05) is 0 Å². The second-order valence-corrected chi connectivity index (χ2v) is 5.24. The predicted octanol–water partition coefficient (Wildman–Crippen LogP) is 1.87. The lowest BCUT2D eigenvalue weighted by Gasteiger charge is -2.29. The van der Waals surface area contributed by atoms with Gasteiger partial charge in [-0.05, 0) is 46.6 Å². The van der Waals surface area contributed by atoms with Crippen molar-refractivity contribution in [3.05, 3.63) is 0 Å². The molecule has 0 atom stereocenters. The molecule has 0 saturated heterocycles. The van der Waals surface area contributed by atoms with Crippen LogP contribution >= 0.6 is 0 Å². The van der Waals surface area contributed by atoms with Crippen molar-refractivity contribution in [1.29, 1.82) is 0 Å². The van der Waals surface area contributed by atoms with Crippen molar-refractivity contribution in [2.45, 2.75) is 57.7 Å². The molecule has 0 amide bonds. The highest BCUT2D eigenvalue weighted by Gasteiger charge is 2.20. The van der Waals surface area contributed by atoms with Gasteiger partial charge in [0.05, 0.1) is 6.10 Å². The van der Waals surface area contributed by atoms with E-state index in [-0.39, 0.29) is 0 Å². The Labute approximate surface area is 101 Å². The van der Waals surface area contributed by atoms with Gasteiger partial charge < -0.3 is 15.0 Å². The third kappa shape index (κ3) is 4.81. The number of ether oxygens (including phenoxy) is 1. The Balaban J connectivity index is 2.06. The lowest BCUT2D eigenvalue weighted by atomic mass is 9.93. The first-order valence-electron chi connectivity index (χ1n) is 6.60. The minimum atomic E-state index is 0.511. The Morgan fingerprint density at radius 3 is 2.38 bits per heavy atom. The third-order valence-electron chi connectivity index (χ3n) is 3.79. The highest BCUT2D eigenvalue weighted by Crippen LogP contribution is 2.20. The minimum absolute atomic E-state index is 0.511. The molecule has 1 N–H and O–H groups in total. The average Bonchev–Trinajstić information content (AvgIpc) is 2.29. The van der Waals surface area contributed by atoms with E-state index in [1.165, 1.54) is 25.7 Å². The summed E-state index contributed by atoms with van der Waals surface area (Å²) >= 11 is 0. The summed E-state index contributed by atoms with van der Waals surface area (Å²) in [7, 11) is 4.02. The summed E-state index contributed by atoms with van der Waals surface area (Å²) in [5.41, 5.74) is 0. The predicted molar refractivity (Wildman–Crippen MR) is 68.8 cm³/mol. The fourth-order valence-corrected chi connectivity index (χ4v) is 2.21. The van der Waals surface area contributed by atoms with E-state index in [0.29, 0.717) is 18.2 Å². The van der Waals surface area contributed by atoms with Crippen LogP contribution in [0.4, 0.5) is 0 Å². The van der Waals surface area contributed by atoms with Crippen LogP contribution in [0.15, 0.2) is 0 Å². The normalized spacial score (nSPS) is 26.6. The van der Waals surface area contributed by atoms with Crippen molar-refractivity contribution in [2.75, 3.05) is 27.2 Å². The fourth-order valence-electron chi connectivity index (χ4n) is 2.21. The smallest absolute Gasteiger partial charge is 0.0572 e. The Hall–Kier alpha value is -0.120. The Bertz CT molecular complexity index is 177. The standard InChI is InChI=1S/C13H28N2O/c1-11(2)15(3)10-9-14-12-5-7-13(16-4)8-6-12/h11-14H,5-10H2,1-4H3. The van der Waals surface area contributed by atoms with E-state index >= 15 is 0 Å². The molecule has 0 aromatic rings. The first-order chi connectivity index (χ1) is 7.63. The summed E-state index contributed by atoms with van der Waals surface area (Å²) in [4.78, 5) is 2.38. The topological polar surface area (TPSA) is 24.5 Å². The number of nitrogens with zero attached hydrogens (tertiary/aromatic N) is 1. The fraction of sp³-hybridized carbons (Fsp3) is 1.00. The largest absolute Gasteiger partial charge is 0.381 e. The summed E-state index contributed by atoms with van der Waals surface area (Å²) in [5, 5.41) is 3.65. The van der Waals surface area contributed by atoms with Gasteiger partial charge in [0.15, 0.2) is 0 Å². The average molecular weight is 228 g/mol. The quantitative estimate of drug-likeness (QED) is 0.751. The maximum absolute atomic E-state index is 5.38. The molecular weight excluding hydrogens is 200 g/mol. The van der Waals surface area contributed by atoms with E-state index in [4.69, 9.17) is 4.74 Å². The molecule has 0 radical (unpaired) electrons. The van der Waals surface area contributed by atoms with Crippen LogP contribution in [0.3, 0.4) is 0 Å². The van der Waals surface area contributed by atoms with Gasteiger partial charge in [-0.2, -0.15) is 0 Å². The van der Waals surface area contributed by atoms with Crippen LogP contribution in [0.5, 0.6) is 0 Å². The molecule has 0 aromatic heterocycles. The molecule has 16 heavy (non-hydrogen) atoms. The zero-order chi connectivity index (χ0) is 12.0. The monoisotopic (exact) mass is 228 g/mol. The molecule has 3 nitrogen and oxygen atoms in total. The van der Waals surface area contributed by atoms with Crippen molar-refractivity contribution >= 4 is 0 Å². The van der Waals surface area contributed by atoms with Crippen LogP contribution in [0.25, 0.3) is 0 Å². The molecule has 1 aliphatic rings. The van der Waals surface area contributed by atoms with Crippen molar-refractivity contribution in [2.24, 2.45) is 0 Å². The van der Waals surface area contributed by atoms with Gasteiger partial charge in [-0.25, -0.2) is 0 Å². The summed E-state index contributed by atoms with van der Waals surface area (Å²) in [6.45, 7) is 6.73. The molecule has 1 saturated carbocycles. The Morgan fingerprint density at radius 2 is 1.88 bits per heavy atom. The molecule has 0 heterocycles. The van der Waals surface area contributed by atoms with Crippen LogP contribution < -0.4 is 5.32 Å². The second kappa shape index (κ2) is 7.25. The van der Waals surface area contributed by atoms with E-state index < -0.39 is 0 Å². The summed E-state index contributed by atoms with van der Waals surface area (Å²) < 4.78 is 5.38. The van der Waals surface area contributed by atoms with E-state index in [9.17, 15) is 0 Å². The van der Waals surface area contributed by atoms with Gasteiger partial charge >= 0.3 is 0 Å². The van der Waals surface area contributed by atoms with Gasteiger partial charge in [-0.3, -0.25) is 0 Å². The van der Waals surface area contributed by atoms with Crippen LogP contribution in [-0.4, -0.2) is 50.3 Å². The van der Waals surface area contributed by atoms with Crippen LogP contribution in [0.1, 0.15) is 39.5 Å². The van der Waals surface area contributed by atoms with Crippen LogP contribution in [-0.2, 0) is 4.74 Å². The Morgan fingerprint density at radius 1 is 1.25 bits per heavy atom. The van der Waals surface area contributed by atoms with Gasteiger partial charge in [-0.15, -0.1) is 0 Å². The number of nitrogens with one attached hydrogen (secondary N) is 1. The zero-order valence-corrected chi connectivity index (χ0v) is 11.3. The van der Waals surface area contributed by atoms with Gasteiger partial charge in [0.2, 0.25) is 0 Å². The summed E-state index contributed by atoms with van der Waals surface area (Å²) in [6.07, 6.45) is 5.48. The molecule has 3 heteroatoms. The molecule has 0 aliphatic heterocycles. The first-order valence-corrected chi connectivity index (χ1v) is 6.60. The molecule has 1 rings (SSSR count). The molecule has 0 spiro atoms. The Kier molecular flexibility index (Phi) is 6.32. The lowest BCUT2D eigenvalue weighted by molar-refractivity contribution is 0.0622. The van der Waals surface area contributed by atoms with Gasteiger partial charge in [0, 0.05) is 32.3 Å². The molecular formula is C13H28N2O. The second-order valence-electron chi connectivity index (χ2n) is 5.24. The third-order valence-corrected chi connectivity index (χ3v) is 3.79. The van der Waals surface area contributed by atoms with Gasteiger partial charge in [0.1, 0.15) is 0 Å². The van der Waals surface area contributed by atoms with Crippen molar-refractivity contribution < 1.29 is 4.74 Å². The number of methoxy groups -OCH3 is 1. The lowest BCUT2D eigenvalue weighted by Crippen LogP contribution is -2.40. The molecule has 1 aliphatic carbocycles. The maximum atomic E-state index is 5.38.